The van der Waals surface area contributed by atoms with Crippen LogP contribution in [0.5, 0.6) is 0 Å². The fourth-order valence-corrected chi connectivity index (χ4v) is 4.53. The third kappa shape index (κ3) is 4.06. The van der Waals surface area contributed by atoms with E-state index in [1.165, 1.54) is 11.3 Å². The van der Waals surface area contributed by atoms with E-state index in [9.17, 15) is 9.59 Å². The van der Waals surface area contributed by atoms with Gasteiger partial charge in [0.05, 0.1) is 18.6 Å². The molecule has 0 aliphatic heterocycles. The Balaban J connectivity index is 0.00000272. The van der Waals surface area contributed by atoms with Crippen molar-refractivity contribution >= 4 is 62.7 Å². The smallest absolute Gasteiger partial charge is 0.350 e. The van der Waals surface area contributed by atoms with E-state index >= 15 is 0 Å². The topological polar surface area (TPSA) is 63.9 Å². The number of halogens is 1. The Morgan fingerprint density at radius 1 is 1.10 bits per heavy atom. The van der Waals surface area contributed by atoms with Gasteiger partial charge in [-0.05, 0) is 30.5 Å². The van der Waals surface area contributed by atoms with Crippen molar-refractivity contribution in [2.75, 3.05) is 20.7 Å². The lowest BCUT2D eigenvalue weighted by molar-refractivity contribution is 0.0533. The number of hydrogen-bond acceptors (Lipinski definition) is 5. The largest absolute Gasteiger partial charge is 0.462 e. The quantitative estimate of drug-likeness (QED) is 0.240. The number of pyridine rings is 1. The summed E-state index contributed by atoms with van der Waals surface area (Å²) in [4.78, 5) is 33.6. The first kappa shape index (κ1) is 22.5. The minimum Gasteiger partial charge on any atom is -0.462 e. The Morgan fingerprint density at radius 3 is 2.39 bits per heavy atom. The third-order valence-electron chi connectivity index (χ3n) is 4.59. The maximum atomic E-state index is 13.4. The molecule has 0 amide bonds. The van der Waals surface area contributed by atoms with E-state index in [-0.39, 0.29) is 24.6 Å². The number of para-hydroxylation sites is 1. The highest BCUT2D eigenvalue weighted by atomic mass is 35.5. The number of rotatable bonds is 5. The van der Waals surface area contributed by atoms with Crippen LogP contribution in [0.25, 0.3) is 26.7 Å². The fraction of sp³-hybridized carbons (Fsp3) is 0.174. The molecule has 6 nitrogen and oxygen atoms in total. The summed E-state index contributed by atoms with van der Waals surface area (Å²) in [7, 11) is 3.72. The Kier molecular flexibility index (Phi) is 6.77. The first-order chi connectivity index (χ1) is 14.5. The highest BCUT2D eigenvalue weighted by Crippen LogP contribution is 2.42. The summed E-state index contributed by atoms with van der Waals surface area (Å²) in [6, 6.07) is 16.8. The van der Waals surface area contributed by atoms with Gasteiger partial charge in [-0.1, -0.05) is 36.4 Å². The maximum Gasteiger partial charge on any atom is 0.350 e. The van der Waals surface area contributed by atoms with E-state index in [0.717, 1.165) is 16.5 Å². The van der Waals surface area contributed by atoms with Crippen LogP contribution in [0, 0.1) is 0 Å². The molecule has 160 valence electrons. The minimum absolute atomic E-state index is 0. The van der Waals surface area contributed by atoms with Crippen LogP contribution in [0.1, 0.15) is 16.6 Å². The highest BCUT2D eigenvalue weighted by molar-refractivity contribution is 7.21. The summed E-state index contributed by atoms with van der Waals surface area (Å²) in [6.45, 7) is 2.03. The number of thiophene rings is 1. The molecular formula is C23H22ClN3O3S. The molecule has 31 heavy (non-hydrogen) atoms. The van der Waals surface area contributed by atoms with Crippen molar-refractivity contribution in [3.8, 4) is 5.69 Å². The molecule has 4 rings (SSSR count). The third-order valence-corrected chi connectivity index (χ3v) is 5.73. The molecule has 0 saturated carbocycles. The van der Waals surface area contributed by atoms with E-state index < -0.39 is 5.97 Å². The molecule has 0 aliphatic carbocycles. The molecular weight excluding hydrogens is 434 g/mol. The van der Waals surface area contributed by atoms with Crippen LogP contribution in [0.4, 0.5) is 5.69 Å². The fourth-order valence-electron chi connectivity index (χ4n) is 3.35. The monoisotopic (exact) mass is 455 g/mol. The number of aliphatic imine (C=N–C) groups is 1. The first-order valence-corrected chi connectivity index (χ1v) is 10.4. The number of aromatic nitrogens is 1. The number of ether oxygens (including phenoxy) is 1. The predicted octanol–water partition coefficient (Wildman–Crippen LogP) is 5.03. The van der Waals surface area contributed by atoms with E-state index in [0.29, 0.717) is 20.8 Å². The number of benzene rings is 2. The van der Waals surface area contributed by atoms with E-state index in [1.807, 2.05) is 62.6 Å². The maximum absolute atomic E-state index is 13.4. The van der Waals surface area contributed by atoms with Crippen LogP contribution in [-0.4, -0.2) is 42.5 Å². The molecule has 0 aliphatic rings. The summed E-state index contributed by atoms with van der Waals surface area (Å²) in [5, 5.41) is 2.10. The minimum atomic E-state index is -0.444. The zero-order valence-electron chi connectivity index (χ0n) is 17.4. The molecule has 2 aromatic heterocycles. The van der Waals surface area contributed by atoms with Crippen LogP contribution in [0.2, 0.25) is 0 Å². The number of hydrogen-bond donors (Lipinski definition) is 0. The Hall–Kier alpha value is -3.16. The molecule has 2 aromatic carbocycles. The summed E-state index contributed by atoms with van der Waals surface area (Å²) in [5.74, 6) is -0.444. The van der Waals surface area contributed by atoms with Gasteiger partial charge in [0.15, 0.2) is 0 Å². The number of carbonyl (C=O) groups is 1. The van der Waals surface area contributed by atoms with Gasteiger partial charge in [-0.25, -0.2) is 9.79 Å². The van der Waals surface area contributed by atoms with E-state index in [1.54, 1.807) is 28.8 Å². The summed E-state index contributed by atoms with van der Waals surface area (Å²) in [6.07, 6.45) is 1.65. The second kappa shape index (κ2) is 9.32. The zero-order valence-corrected chi connectivity index (χ0v) is 19.0. The lowest BCUT2D eigenvalue weighted by atomic mass is 10.1. The van der Waals surface area contributed by atoms with E-state index in [2.05, 4.69) is 4.99 Å². The lowest BCUT2D eigenvalue weighted by Crippen LogP contribution is -2.18. The van der Waals surface area contributed by atoms with Gasteiger partial charge in [0.1, 0.15) is 15.4 Å². The number of esters is 1. The molecule has 0 unspecified atom stereocenters. The molecule has 0 spiro atoms. The van der Waals surface area contributed by atoms with Gasteiger partial charge in [-0.15, -0.1) is 23.7 Å². The second-order valence-electron chi connectivity index (χ2n) is 6.91. The molecule has 8 heteroatoms. The zero-order chi connectivity index (χ0) is 21.3. The standard InChI is InChI=1S/C23H21N3O3S.ClH/c1-4-29-23(28)20-19(24-14-25(2)3)18-16-12-8-9-13-17(16)21(27)26(22(18)30-20)15-10-6-5-7-11-15;/h5-14H,4H2,1-3H3;1H. The van der Waals surface area contributed by atoms with Gasteiger partial charge < -0.3 is 9.64 Å². The van der Waals surface area contributed by atoms with Crippen LogP contribution in [-0.2, 0) is 4.74 Å². The number of carbonyl (C=O) groups excluding carboxylic acids is 1. The Morgan fingerprint density at radius 2 is 1.74 bits per heavy atom. The van der Waals surface area contributed by atoms with Crippen LogP contribution in [0.3, 0.4) is 0 Å². The first-order valence-electron chi connectivity index (χ1n) is 9.56. The second-order valence-corrected chi connectivity index (χ2v) is 7.91. The Labute approximate surface area is 189 Å². The van der Waals surface area contributed by atoms with Crippen molar-refractivity contribution in [3.05, 3.63) is 69.8 Å². The highest BCUT2D eigenvalue weighted by Gasteiger charge is 2.25. The van der Waals surface area contributed by atoms with E-state index in [4.69, 9.17) is 4.74 Å². The molecule has 0 atom stereocenters. The molecule has 2 heterocycles. The summed E-state index contributed by atoms with van der Waals surface area (Å²) < 4.78 is 6.94. The molecule has 0 fully saturated rings. The average Bonchev–Trinajstić information content (AvgIpc) is 3.13. The summed E-state index contributed by atoms with van der Waals surface area (Å²) >= 11 is 1.23. The van der Waals surface area contributed by atoms with Gasteiger partial charge in [-0.2, -0.15) is 0 Å². The summed E-state index contributed by atoms with van der Waals surface area (Å²) in [5.41, 5.74) is 1.12. The molecule has 0 bridgehead atoms. The van der Waals surface area contributed by atoms with Crippen molar-refractivity contribution < 1.29 is 9.53 Å². The van der Waals surface area contributed by atoms with Gasteiger partial charge in [0.25, 0.3) is 5.56 Å². The molecule has 0 saturated heterocycles. The Bertz CT molecular complexity index is 1330. The van der Waals surface area contributed by atoms with Crippen molar-refractivity contribution in [3.63, 3.8) is 0 Å². The predicted molar refractivity (Wildman–Crippen MR) is 130 cm³/mol. The van der Waals surface area contributed by atoms with Crippen molar-refractivity contribution in [1.29, 1.82) is 0 Å². The van der Waals surface area contributed by atoms with Gasteiger partial charge in [-0.3, -0.25) is 9.36 Å². The average molecular weight is 456 g/mol. The van der Waals surface area contributed by atoms with Crippen LogP contribution < -0.4 is 5.56 Å². The normalized spacial score (nSPS) is 11.1. The molecule has 0 radical (unpaired) electrons. The lowest BCUT2D eigenvalue weighted by Gasteiger charge is -2.10. The van der Waals surface area contributed by atoms with Crippen LogP contribution >= 0.6 is 23.7 Å². The van der Waals surface area contributed by atoms with Gasteiger partial charge in [0, 0.05) is 24.9 Å². The SMILES string of the molecule is CCOC(=O)c1sc2c(c1N=CN(C)C)c1ccccc1c(=O)n2-c1ccccc1.Cl. The van der Waals surface area contributed by atoms with Gasteiger partial charge >= 0.3 is 5.97 Å². The molecule has 0 N–H and O–H groups in total. The van der Waals surface area contributed by atoms with Crippen molar-refractivity contribution in [1.82, 2.24) is 9.47 Å². The number of fused-ring (bicyclic) bond motifs is 3. The molecule has 4 aromatic rings. The van der Waals surface area contributed by atoms with Crippen molar-refractivity contribution in [2.24, 2.45) is 4.99 Å². The van der Waals surface area contributed by atoms with Crippen LogP contribution in [0.15, 0.2) is 64.4 Å². The van der Waals surface area contributed by atoms with Crippen molar-refractivity contribution in [2.45, 2.75) is 6.92 Å². The van der Waals surface area contributed by atoms with Gasteiger partial charge in [0.2, 0.25) is 0 Å². The number of nitrogens with zero attached hydrogens (tertiary/aromatic N) is 3.